The van der Waals surface area contributed by atoms with Crippen LogP contribution in [0.1, 0.15) is 0 Å². The van der Waals surface area contributed by atoms with Gasteiger partial charge in [-0.2, -0.15) is 0 Å². The molecule has 0 aliphatic heterocycles. The number of amides is 3. The summed E-state index contributed by atoms with van der Waals surface area (Å²) in [6.07, 6.45) is 0. The van der Waals surface area contributed by atoms with E-state index in [0.29, 0.717) is 0 Å². The standard InChI is InChI=1S/C7H13N3O5/c1-8-5(12)2-9-7(15)10-4(3-11)6(13)14/h4,11H,2-3H2,1H3,(H,8,12)(H,13,14)(H2,9,10,15)/t4-/m0/s1. The Kier molecular flexibility index (Phi) is 5.79. The zero-order valence-corrected chi connectivity index (χ0v) is 8.11. The number of nitrogens with one attached hydrogen (secondary N) is 3. The molecule has 1 atom stereocenters. The van der Waals surface area contributed by atoms with Crippen LogP contribution < -0.4 is 16.0 Å². The molecule has 0 aromatic rings. The minimum absolute atomic E-state index is 0.264. The lowest BCUT2D eigenvalue weighted by Crippen LogP contribution is -2.49. The van der Waals surface area contributed by atoms with Crippen LogP contribution in [0.5, 0.6) is 0 Å². The molecule has 86 valence electrons. The molecule has 0 rings (SSSR count). The number of aliphatic hydroxyl groups excluding tert-OH is 1. The normalized spacial score (nSPS) is 11.3. The van der Waals surface area contributed by atoms with E-state index in [1.165, 1.54) is 7.05 Å². The van der Waals surface area contributed by atoms with E-state index < -0.39 is 30.6 Å². The Morgan fingerprint density at radius 3 is 2.33 bits per heavy atom. The van der Waals surface area contributed by atoms with Crippen LogP contribution in [0.4, 0.5) is 4.79 Å². The Hall–Kier alpha value is -1.83. The maximum absolute atomic E-state index is 11.0. The summed E-state index contributed by atoms with van der Waals surface area (Å²) in [5.41, 5.74) is 0. The lowest BCUT2D eigenvalue weighted by molar-refractivity contribution is -0.140. The van der Waals surface area contributed by atoms with Crippen molar-refractivity contribution in [3.63, 3.8) is 0 Å². The van der Waals surface area contributed by atoms with E-state index in [9.17, 15) is 14.4 Å². The number of rotatable bonds is 5. The number of aliphatic hydroxyl groups is 1. The molecule has 3 amide bonds. The number of carbonyl (C=O) groups excluding carboxylic acids is 2. The summed E-state index contributed by atoms with van der Waals surface area (Å²) in [7, 11) is 1.40. The molecule has 0 heterocycles. The summed E-state index contributed by atoms with van der Waals surface area (Å²) in [4.78, 5) is 32.0. The third kappa shape index (κ3) is 5.47. The lowest BCUT2D eigenvalue weighted by Gasteiger charge is -2.11. The maximum atomic E-state index is 11.0. The summed E-state index contributed by atoms with van der Waals surface area (Å²) in [5.74, 6) is -1.77. The van der Waals surface area contributed by atoms with E-state index in [0.717, 1.165) is 0 Å². The van der Waals surface area contributed by atoms with Gasteiger partial charge < -0.3 is 26.2 Å². The van der Waals surface area contributed by atoms with Crippen molar-refractivity contribution >= 4 is 17.9 Å². The molecule has 0 aromatic heterocycles. The Morgan fingerprint density at radius 1 is 1.33 bits per heavy atom. The quantitative estimate of drug-likeness (QED) is 0.348. The smallest absolute Gasteiger partial charge is 0.328 e. The number of hydrogen-bond acceptors (Lipinski definition) is 4. The average molecular weight is 219 g/mol. The van der Waals surface area contributed by atoms with Crippen LogP contribution in [-0.2, 0) is 9.59 Å². The molecule has 0 spiro atoms. The molecular weight excluding hydrogens is 206 g/mol. The van der Waals surface area contributed by atoms with Crippen LogP contribution in [0.15, 0.2) is 0 Å². The average Bonchev–Trinajstić information content (AvgIpc) is 2.21. The highest BCUT2D eigenvalue weighted by atomic mass is 16.4. The molecule has 15 heavy (non-hydrogen) atoms. The van der Waals surface area contributed by atoms with Gasteiger partial charge in [0.1, 0.15) is 0 Å². The molecular formula is C7H13N3O5. The topological polar surface area (TPSA) is 128 Å². The fourth-order valence-electron chi connectivity index (χ4n) is 0.644. The van der Waals surface area contributed by atoms with Crippen molar-refractivity contribution in [2.75, 3.05) is 20.2 Å². The van der Waals surface area contributed by atoms with Crippen LogP contribution >= 0.6 is 0 Å². The second-order valence-electron chi connectivity index (χ2n) is 2.57. The number of carbonyl (C=O) groups is 3. The van der Waals surface area contributed by atoms with Gasteiger partial charge in [0.25, 0.3) is 0 Å². The number of aliphatic carboxylic acids is 1. The summed E-state index contributed by atoms with van der Waals surface area (Å²) in [5, 5.41) is 23.4. The highest BCUT2D eigenvalue weighted by Crippen LogP contribution is 1.81. The van der Waals surface area contributed by atoms with E-state index in [4.69, 9.17) is 10.2 Å². The van der Waals surface area contributed by atoms with E-state index in [1.54, 1.807) is 0 Å². The summed E-state index contributed by atoms with van der Waals surface area (Å²) < 4.78 is 0. The molecule has 8 heteroatoms. The van der Waals surface area contributed by atoms with E-state index in [-0.39, 0.29) is 6.54 Å². The SMILES string of the molecule is CNC(=O)CNC(=O)N[C@@H](CO)C(=O)O. The summed E-state index contributed by atoms with van der Waals surface area (Å²) in [6, 6.07) is -2.21. The minimum atomic E-state index is -1.38. The van der Waals surface area contributed by atoms with Gasteiger partial charge in [-0.15, -0.1) is 0 Å². The molecule has 0 fully saturated rings. The molecule has 8 nitrogen and oxygen atoms in total. The monoisotopic (exact) mass is 219 g/mol. The first kappa shape index (κ1) is 13.2. The number of carboxylic acid groups (broad SMARTS) is 1. The fraction of sp³-hybridized carbons (Fsp3) is 0.571. The number of hydrogen-bond donors (Lipinski definition) is 5. The van der Waals surface area contributed by atoms with E-state index in [2.05, 4.69) is 10.6 Å². The molecule has 0 saturated carbocycles. The van der Waals surface area contributed by atoms with Gasteiger partial charge in [0.05, 0.1) is 13.2 Å². The largest absolute Gasteiger partial charge is 0.480 e. The molecule has 0 aliphatic rings. The first-order chi connectivity index (χ1) is 7.01. The van der Waals surface area contributed by atoms with Crippen LogP contribution in [0.3, 0.4) is 0 Å². The van der Waals surface area contributed by atoms with Gasteiger partial charge in [-0.05, 0) is 0 Å². The van der Waals surface area contributed by atoms with Gasteiger partial charge in [0, 0.05) is 7.05 Å². The van der Waals surface area contributed by atoms with Crippen LogP contribution in [-0.4, -0.2) is 54.4 Å². The van der Waals surface area contributed by atoms with Gasteiger partial charge in [0.2, 0.25) is 5.91 Å². The molecule has 0 unspecified atom stereocenters. The predicted molar refractivity (Wildman–Crippen MR) is 49.1 cm³/mol. The molecule has 0 aliphatic carbocycles. The first-order valence-corrected chi connectivity index (χ1v) is 4.09. The van der Waals surface area contributed by atoms with Gasteiger partial charge in [-0.25, -0.2) is 9.59 Å². The number of likely N-dealkylation sites (N-methyl/N-ethyl adjacent to an activating group) is 1. The number of carboxylic acids is 1. The highest BCUT2D eigenvalue weighted by molar-refractivity contribution is 5.86. The zero-order chi connectivity index (χ0) is 11.8. The maximum Gasteiger partial charge on any atom is 0.328 e. The Morgan fingerprint density at radius 2 is 1.93 bits per heavy atom. The molecule has 0 saturated heterocycles. The van der Waals surface area contributed by atoms with Crippen molar-refractivity contribution in [2.24, 2.45) is 0 Å². The van der Waals surface area contributed by atoms with Crippen molar-refractivity contribution in [1.29, 1.82) is 0 Å². The Bertz CT molecular complexity index is 255. The fourth-order valence-corrected chi connectivity index (χ4v) is 0.644. The second-order valence-corrected chi connectivity index (χ2v) is 2.57. The Balaban J connectivity index is 3.91. The first-order valence-electron chi connectivity index (χ1n) is 4.09. The predicted octanol–water partition coefficient (Wildman–Crippen LogP) is -2.52. The molecule has 0 bridgehead atoms. The molecule has 5 N–H and O–H groups in total. The van der Waals surface area contributed by atoms with Crippen molar-refractivity contribution < 1.29 is 24.6 Å². The van der Waals surface area contributed by atoms with Gasteiger partial charge >= 0.3 is 12.0 Å². The Labute approximate surface area is 85.7 Å². The van der Waals surface area contributed by atoms with Gasteiger partial charge in [-0.1, -0.05) is 0 Å². The highest BCUT2D eigenvalue weighted by Gasteiger charge is 2.18. The van der Waals surface area contributed by atoms with Crippen molar-refractivity contribution in [3.05, 3.63) is 0 Å². The van der Waals surface area contributed by atoms with Gasteiger partial charge in [0.15, 0.2) is 6.04 Å². The van der Waals surface area contributed by atoms with E-state index in [1.807, 2.05) is 5.32 Å². The number of urea groups is 1. The molecule has 0 aromatic carbocycles. The third-order valence-corrected chi connectivity index (χ3v) is 1.47. The van der Waals surface area contributed by atoms with Crippen LogP contribution in [0, 0.1) is 0 Å². The summed E-state index contributed by atoms with van der Waals surface area (Å²) in [6.45, 7) is -0.983. The third-order valence-electron chi connectivity index (χ3n) is 1.47. The van der Waals surface area contributed by atoms with Crippen molar-refractivity contribution in [1.82, 2.24) is 16.0 Å². The molecule has 0 radical (unpaired) electrons. The summed E-state index contributed by atoms with van der Waals surface area (Å²) >= 11 is 0. The zero-order valence-electron chi connectivity index (χ0n) is 8.11. The van der Waals surface area contributed by atoms with Gasteiger partial charge in [-0.3, -0.25) is 4.79 Å². The van der Waals surface area contributed by atoms with Crippen LogP contribution in [0.25, 0.3) is 0 Å². The van der Waals surface area contributed by atoms with Crippen molar-refractivity contribution in [2.45, 2.75) is 6.04 Å². The van der Waals surface area contributed by atoms with Crippen molar-refractivity contribution in [3.8, 4) is 0 Å². The van der Waals surface area contributed by atoms with Crippen LogP contribution in [0.2, 0.25) is 0 Å². The van der Waals surface area contributed by atoms with E-state index >= 15 is 0 Å². The second kappa shape index (κ2) is 6.60. The minimum Gasteiger partial charge on any atom is -0.480 e. The lowest BCUT2D eigenvalue weighted by atomic mass is 10.3.